The summed E-state index contributed by atoms with van der Waals surface area (Å²) in [7, 11) is 1.59. The van der Waals surface area contributed by atoms with Gasteiger partial charge in [-0.25, -0.2) is 4.39 Å². The average Bonchev–Trinajstić information content (AvgIpc) is 2.79. The van der Waals surface area contributed by atoms with Crippen LogP contribution in [0.3, 0.4) is 0 Å². The second-order valence-electron chi connectivity index (χ2n) is 8.17. The number of ether oxygens (including phenoxy) is 1. The number of nitrogens with zero attached hydrogens (tertiary/aromatic N) is 2. The number of carboxylic acids is 1. The van der Waals surface area contributed by atoms with Crippen LogP contribution in [0.25, 0.3) is 10.9 Å². The maximum atomic E-state index is 15.3. The molecule has 0 bridgehead atoms. The van der Waals surface area contributed by atoms with Gasteiger partial charge in [0.05, 0.1) is 18.5 Å². The lowest BCUT2D eigenvalue weighted by Gasteiger charge is -2.36. The number of carboxylic acid groups (broad SMARTS) is 1. The topological polar surface area (TPSA) is 62.7 Å². The molecular formula is C24H33FN2O3S. The molecule has 0 aliphatic carbocycles. The van der Waals surface area contributed by atoms with Crippen LogP contribution in [0.1, 0.15) is 44.3 Å². The van der Waals surface area contributed by atoms with Gasteiger partial charge in [0.25, 0.3) is 0 Å². The number of alkyl halides is 1. The molecule has 0 radical (unpaired) electrons. The van der Waals surface area contributed by atoms with E-state index in [1.165, 1.54) is 0 Å². The molecule has 2 aromatic rings. The van der Waals surface area contributed by atoms with Crippen molar-refractivity contribution in [2.24, 2.45) is 11.8 Å². The number of carbonyl (C=O) groups is 1. The van der Waals surface area contributed by atoms with E-state index in [2.05, 4.69) is 16.8 Å². The number of aromatic nitrogens is 1. The van der Waals surface area contributed by atoms with E-state index < -0.39 is 18.1 Å². The molecule has 5 nitrogen and oxygen atoms in total. The lowest BCUT2D eigenvalue weighted by atomic mass is 9.81. The fraction of sp³-hybridized carbons (Fsp3) is 0.583. The molecule has 170 valence electrons. The molecule has 7 heteroatoms. The number of hydrogen-bond acceptors (Lipinski definition) is 5. The number of thioether (sulfide) groups is 1. The predicted octanol–water partition coefficient (Wildman–Crippen LogP) is 5.20. The fourth-order valence-corrected chi connectivity index (χ4v) is 5.12. The highest BCUT2D eigenvalue weighted by atomic mass is 32.2. The minimum Gasteiger partial charge on any atom is -0.497 e. The summed E-state index contributed by atoms with van der Waals surface area (Å²) in [6.45, 7) is 4.57. The van der Waals surface area contributed by atoms with Gasteiger partial charge < -0.3 is 14.7 Å². The molecule has 1 aliphatic rings. The van der Waals surface area contributed by atoms with E-state index in [-0.39, 0.29) is 5.92 Å². The third-order valence-electron chi connectivity index (χ3n) is 6.24. The van der Waals surface area contributed by atoms with E-state index in [0.29, 0.717) is 30.7 Å². The first-order valence-electron chi connectivity index (χ1n) is 11.1. The van der Waals surface area contributed by atoms with E-state index in [4.69, 9.17) is 4.74 Å². The van der Waals surface area contributed by atoms with E-state index in [1.54, 1.807) is 19.4 Å². The van der Waals surface area contributed by atoms with Gasteiger partial charge in [0.2, 0.25) is 0 Å². The molecule has 0 amide bonds. The van der Waals surface area contributed by atoms with E-state index in [0.717, 1.165) is 48.3 Å². The first-order chi connectivity index (χ1) is 15.0. The maximum absolute atomic E-state index is 15.3. The molecule has 1 N–H and O–H groups in total. The second-order valence-corrected chi connectivity index (χ2v) is 9.57. The summed E-state index contributed by atoms with van der Waals surface area (Å²) < 4.78 is 20.6. The number of methoxy groups -OCH3 is 1. The van der Waals surface area contributed by atoms with Crippen molar-refractivity contribution in [3.63, 3.8) is 0 Å². The van der Waals surface area contributed by atoms with Gasteiger partial charge in [0.15, 0.2) is 0 Å². The van der Waals surface area contributed by atoms with Crippen LogP contribution in [0, 0.1) is 11.8 Å². The fourth-order valence-electron chi connectivity index (χ4n) is 4.49. The van der Waals surface area contributed by atoms with Crippen molar-refractivity contribution in [2.45, 2.75) is 38.8 Å². The number of aliphatic carboxylic acids is 1. The summed E-state index contributed by atoms with van der Waals surface area (Å²) in [5.41, 5.74) is 1.33. The summed E-state index contributed by atoms with van der Waals surface area (Å²) in [5, 5.41) is 10.5. The van der Waals surface area contributed by atoms with E-state index in [9.17, 15) is 9.90 Å². The molecule has 3 rings (SSSR count). The van der Waals surface area contributed by atoms with Gasteiger partial charge in [0.1, 0.15) is 11.9 Å². The van der Waals surface area contributed by atoms with Crippen molar-refractivity contribution >= 4 is 28.6 Å². The summed E-state index contributed by atoms with van der Waals surface area (Å²) in [5.74, 6) is 1.73. The van der Waals surface area contributed by atoms with Gasteiger partial charge in [-0.2, -0.15) is 11.8 Å². The average molecular weight is 449 g/mol. The van der Waals surface area contributed by atoms with Crippen LogP contribution >= 0.6 is 11.8 Å². The molecule has 1 unspecified atom stereocenters. The van der Waals surface area contributed by atoms with Crippen LogP contribution in [-0.4, -0.2) is 59.2 Å². The molecule has 1 aliphatic heterocycles. The van der Waals surface area contributed by atoms with Gasteiger partial charge >= 0.3 is 5.97 Å². The first kappa shape index (κ1) is 23.8. The second kappa shape index (κ2) is 11.7. The Kier molecular flexibility index (Phi) is 8.96. The minimum atomic E-state index is -1.16. The Bertz CT molecular complexity index is 866. The molecule has 2 heterocycles. The van der Waals surface area contributed by atoms with Crippen LogP contribution in [0.4, 0.5) is 4.39 Å². The van der Waals surface area contributed by atoms with Gasteiger partial charge in [-0.15, -0.1) is 0 Å². The van der Waals surface area contributed by atoms with Crippen LogP contribution in [0.5, 0.6) is 5.75 Å². The Balaban J connectivity index is 1.61. The first-order valence-corrected chi connectivity index (χ1v) is 12.3. The van der Waals surface area contributed by atoms with E-state index in [1.807, 2.05) is 30.0 Å². The van der Waals surface area contributed by atoms with Crippen molar-refractivity contribution < 1.29 is 19.0 Å². The summed E-state index contributed by atoms with van der Waals surface area (Å²) in [6, 6.07) is 7.19. The molecule has 31 heavy (non-hydrogen) atoms. The van der Waals surface area contributed by atoms with Crippen molar-refractivity contribution in [3.05, 3.63) is 36.0 Å². The Morgan fingerprint density at radius 2 is 2.26 bits per heavy atom. The van der Waals surface area contributed by atoms with E-state index >= 15 is 4.39 Å². The van der Waals surface area contributed by atoms with Gasteiger partial charge in [-0.05, 0) is 86.0 Å². The number of pyridine rings is 1. The lowest BCUT2D eigenvalue weighted by molar-refractivity contribution is -0.146. The maximum Gasteiger partial charge on any atom is 0.308 e. The monoisotopic (exact) mass is 448 g/mol. The zero-order chi connectivity index (χ0) is 22.2. The Morgan fingerprint density at radius 1 is 1.42 bits per heavy atom. The number of fused-ring (bicyclic) bond motifs is 1. The molecule has 1 aromatic heterocycles. The minimum absolute atomic E-state index is 0.0136. The molecule has 0 saturated carbocycles. The van der Waals surface area contributed by atoms with Crippen LogP contribution in [0.15, 0.2) is 30.5 Å². The third kappa shape index (κ3) is 6.32. The van der Waals surface area contributed by atoms with Crippen LogP contribution in [0.2, 0.25) is 0 Å². The number of likely N-dealkylation sites (tertiary alicyclic amines) is 1. The number of halogens is 1. The normalized spacial score (nSPS) is 20.6. The Hall–Kier alpha value is -1.86. The smallest absolute Gasteiger partial charge is 0.308 e. The Morgan fingerprint density at radius 3 is 3.00 bits per heavy atom. The van der Waals surface area contributed by atoms with Crippen molar-refractivity contribution in [1.82, 2.24) is 9.88 Å². The van der Waals surface area contributed by atoms with Crippen molar-refractivity contribution in [1.29, 1.82) is 0 Å². The molecule has 1 aromatic carbocycles. The number of rotatable bonds is 11. The zero-order valence-corrected chi connectivity index (χ0v) is 19.2. The van der Waals surface area contributed by atoms with Gasteiger partial charge in [0, 0.05) is 18.1 Å². The number of hydrogen-bond donors (Lipinski definition) is 1. The van der Waals surface area contributed by atoms with Crippen LogP contribution in [-0.2, 0) is 4.79 Å². The van der Waals surface area contributed by atoms with Crippen molar-refractivity contribution in [2.75, 3.05) is 38.2 Å². The predicted molar refractivity (Wildman–Crippen MR) is 125 cm³/mol. The standard InChI is InChI=1S/C24H33FN2O3S/c1-3-31-14-4-12-27-13-10-17(21(16-27)24(28)29)5-7-22(25)19-9-11-26-23-8-6-18(30-2)15-20(19)23/h6,8-9,11,15,17,21-22H,3-5,7,10,12-14,16H2,1-2H3,(H,28,29)/t17-,21+,22?/m1/s1. The van der Waals surface area contributed by atoms with Crippen LogP contribution < -0.4 is 4.74 Å². The number of piperidine rings is 1. The highest BCUT2D eigenvalue weighted by Crippen LogP contribution is 2.35. The zero-order valence-electron chi connectivity index (χ0n) is 18.4. The molecule has 0 spiro atoms. The molecule has 1 saturated heterocycles. The van der Waals surface area contributed by atoms with Gasteiger partial charge in [-0.1, -0.05) is 6.92 Å². The number of benzene rings is 1. The Labute approximate surface area is 188 Å². The summed E-state index contributed by atoms with van der Waals surface area (Å²) in [4.78, 5) is 18.5. The lowest BCUT2D eigenvalue weighted by Crippen LogP contribution is -2.44. The van der Waals surface area contributed by atoms with Gasteiger partial charge in [-0.3, -0.25) is 9.78 Å². The summed E-state index contributed by atoms with van der Waals surface area (Å²) in [6.07, 6.45) is 3.27. The third-order valence-corrected chi connectivity index (χ3v) is 7.22. The quantitative estimate of drug-likeness (QED) is 0.477. The highest BCUT2D eigenvalue weighted by Gasteiger charge is 2.34. The highest BCUT2D eigenvalue weighted by molar-refractivity contribution is 7.99. The molecule has 3 atom stereocenters. The largest absolute Gasteiger partial charge is 0.497 e. The molecule has 1 fully saturated rings. The SMILES string of the molecule is CCSCCCN1CC[C@@H](CCC(F)c2ccnc3ccc(OC)cc23)[C@@H](C(=O)O)C1. The molecular weight excluding hydrogens is 415 g/mol. The van der Waals surface area contributed by atoms with Crippen molar-refractivity contribution in [3.8, 4) is 5.75 Å². The summed E-state index contributed by atoms with van der Waals surface area (Å²) >= 11 is 1.92.